The van der Waals surface area contributed by atoms with Gasteiger partial charge in [0, 0.05) is 6.54 Å². The maximum absolute atomic E-state index is 12.5. The lowest BCUT2D eigenvalue weighted by molar-refractivity contribution is 0.310. The van der Waals surface area contributed by atoms with Crippen molar-refractivity contribution in [2.75, 3.05) is 13.2 Å². The molecule has 134 valence electrons. The van der Waals surface area contributed by atoms with Crippen LogP contribution in [-0.2, 0) is 24.3 Å². The molecule has 0 N–H and O–H groups in total. The molecule has 0 amide bonds. The van der Waals surface area contributed by atoms with Crippen molar-refractivity contribution in [2.45, 2.75) is 29.7 Å². The number of hydrogen-bond acceptors (Lipinski definition) is 5. The average Bonchev–Trinajstić information content (AvgIpc) is 3.34. The van der Waals surface area contributed by atoms with E-state index in [1.54, 1.807) is 36.4 Å². The molecule has 1 unspecified atom stereocenters. The van der Waals surface area contributed by atoms with E-state index in [9.17, 15) is 16.8 Å². The zero-order valence-electron chi connectivity index (χ0n) is 13.9. The molecule has 0 bridgehead atoms. The normalized spacial score (nSPS) is 20.4. The van der Waals surface area contributed by atoms with Crippen LogP contribution in [0.5, 0.6) is 0 Å². The van der Waals surface area contributed by atoms with Crippen LogP contribution in [0.15, 0.2) is 58.3 Å². The van der Waals surface area contributed by atoms with Gasteiger partial charge in [-0.2, -0.15) is 12.7 Å². The number of hydrogen-bond donors (Lipinski definition) is 0. The lowest BCUT2D eigenvalue weighted by Crippen LogP contribution is -2.19. The van der Waals surface area contributed by atoms with Crippen molar-refractivity contribution in [3.05, 3.63) is 59.7 Å². The van der Waals surface area contributed by atoms with Gasteiger partial charge in [0.2, 0.25) is 10.0 Å². The molecular weight excluding hydrogens is 362 g/mol. The molecule has 2 aromatic rings. The largest absolute Gasteiger partial charge is 0.297 e. The minimum absolute atomic E-state index is 0.0618. The molecule has 0 spiro atoms. The predicted molar refractivity (Wildman–Crippen MR) is 93.2 cm³/mol. The summed E-state index contributed by atoms with van der Waals surface area (Å²) >= 11 is 0. The van der Waals surface area contributed by atoms with Gasteiger partial charge in [-0.3, -0.25) is 4.18 Å². The second-order valence-electron chi connectivity index (χ2n) is 6.09. The van der Waals surface area contributed by atoms with Crippen molar-refractivity contribution in [3.63, 3.8) is 0 Å². The number of rotatable bonds is 6. The minimum Gasteiger partial charge on any atom is -0.265 e. The van der Waals surface area contributed by atoms with E-state index in [0.717, 1.165) is 11.1 Å². The van der Waals surface area contributed by atoms with Crippen LogP contribution >= 0.6 is 0 Å². The molecule has 1 aliphatic heterocycles. The second-order valence-corrected chi connectivity index (χ2v) is 9.60. The lowest BCUT2D eigenvalue weighted by Gasteiger charge is -2.08. The highest BCUT2D eigenvalue weighted by atomic mass is 32.2. The zero-order chi connectivity index (χ0) is 18.2. The van der Waals surface area contributed by atoms with Crippen LogP contribution in [0.4, 0.5) is 0 Å². The van der Waals surface area contributed by atoms with Crippen molar-refractivity contribution in [3.8, 4) is 0 Å². The molecule has 8 heteroatoms. The van der Waals surface area contributed by atoms with Crippen molar-refractivity contribution < 1.29 is 21.0 Å². The van der Waals surface area contributed by atoms with Crippen LogP contribution in [-0.4, -0.2) is 40.3 Å². The number of sulfonamides is 1. The standard InChI is InChI=1S/C17H19NO5S2/c1-13-3-7-16(8-4-13)24(19,20)18-11-15(18)12-23-25(21,22)17-9-5-14(2)6-10-17/h3-10,15H,11-12H2,1-2H3/t15-,18?/m0/s1. The number of aryl methyl sites for hydroxylation is 2. The van der Waals surface area contributed by atoms with E-state index in [1.807, 2.05) is 13.8 Å². The van der Waals surface area contributed by atoms with Crippen LogP contribution in [0.2, 0.25) is 0 Å². The minimum atomic E-state index is -3.89. The first-order valence-electron chi connectivity index (χ1n) is 7.75. The monoisotopic (exact) mass is 381 g/mol. The Morgan fingerprint density at radius 3 is 1.88 bits per heavy atom. The summed E-state index contributed by atoms with van der Waals surface area (Å²) in [6.45, 7) is 3.79. The smallest absolute Gasteiger partial charge is 0.265 e. The molecule has 1 saturated heterocycles. The number of nitrogens with zero attached hydrogens (tertiary/aromatic N) is 1. The topological polar surface area (TPSA) is 80.5 Å². The van der Waals surface area contributed by atoms with Crippen LogP contribution < -0.4 is 0 Å². The fraction of sp³-hybridized carbons (Fsp3) is 0.294. The summed E-state index contributed by atoms with van der Waals surface area (Å²) in [5, 5.41) is 0. The third-order valence-electron chi connectivity index (χ3n) is 4.02. The summed E-state index contributed by atoms with van der Waals surface area (Å²) in [5.41, 5.74) is 1.91. The molecule has 1 fully saturated rings. The Morgan fingerprint density at radius 2 is 1.36 bits per heavy atom. The Kier molecular flexibility index (Phi) is 4.72. The molecule has 1 aliphatic rings. The van der Waals surface area contributed by atoms with E-state index in [2.05, 4.69) is 0 Å². The third-order valence-corrected chi connectivity index (χ3v) is 7.25. The van der Waals surface area contributed by atoms with Gasteiger partial charge in [-0.15, -0.1) is 0 Å². The zero-order valence-corrected chi connectivity index (χ0v) is 15.5. The van der Waals surface area contributed by atoms with E-state index in [4.69, 9.17) is 4.18 Å². The van der Waals surface area contributed by atoms with Gasteiger partial charge in [0.1, 0.15) is 0 Å². The Labute approximate surface area is 148 Å². The fourth-order valence-corrected chi connectivity index (χ4v) is 4.89. The van der Waals surface area contributed by atoms with Gasteiger partial charge < -0.3 is 0 Å². The molecular formula is C17H19NO5S2. The first-order valence-corrected chi connectivity index (χ1v) is 10.6. The average molecular weight is 381 g/mol. The molecule has 0 radical (unpaired) electrons. The number of benzene rings is 2. The molecule has 0 saturated carbocycles. The Balaban J connectivity index is 1.64. The molecule has 0 aromatic heterocycles. The van der Waals surface area contributed by atoms with Crippen molar-refractivity contribution in [2.24, 2.45) is 0 Å². The second kappa shape index (κ2) is 6.53. The van der Waals surface area contributed by atoms with Gasteiger partial charge in [-0.1, -0.05) is 35.4 Å². The Hall–Kier alpha value is -1.74. The summed E-state index contributed by atoms with van der Waals surface area (Å²) in [4.78, 5) is 0.258. The van der Waals surface area contributed by atoms with E-state index in [0.29, 0.717) is 0 Å². The van der Waals surface area contributed by atoms with Crippen LogP contribution in [0.25, 0.3) is 0 Å². The quantitative estimate of drug-likeness (QED) is 0.565. The Morgan fingerprint density at radius 1 is 0.880 bits per heavy atom. The van der Waals surface area contributed by atoms with E-state index < -0.39 is 26.2 Å². The fourth-order valence-electron chi connectivity index (χ4n) is 2.38. The van der Waals surface area contributed by atoms with Gasteiger partial charge >= 0.3 is 0 Å². The van der Waals surface area contributed by atoms with Crippen molar-refractivity contribution >= 4 is 20.1 Å². The van der Waals surface area contributed by atoms with E-state index >= 15 is 0 Å². The summed E-state index contributed by atoms with van der Waals surface area (Å²) in [5.74, 6) is 0. The van der Waals surface area contributed by atoms with Crippen LogP contribution in [0, 0.1) is 13.8 Å². The molecule has 3 rings (SSSR count). The molecule has 0 aliphatic carbocycles. The molecule has 2 atom stereocenters. The van der Waals surface area contributed by atoms with Crippen molar-refractivity contribution in [1.29, 1.82) is 0 Å². The van der Waals surface area contributed by atoms with E-state index in [-0.39, 0.29) is 22.9 Å². The first-order chi connectivity index (χ1) is 11.7. The summed E-state index contributed by atoms with van der Waals surface area (Å²) in [7, 11) is -7.50. The highest BCUT2D eigenvalue weighted by Gasteiger charge is 2.45. The van der Waals surface area contributed by atoms with Gasteiger partial charge in [0.25, 0.3) is 10.1 Å². The van der Waals surface area contributed by atoms with Gasteiger partial charge in [-0.25, -0.2) is 8.42 Å². The van der Waals surface area contributed by atoms with Crippen molar-refractivity contribution in [1.82, 2.24) is 4.31 Å². The first kappa shape index (κ1) is 18.1. The van der Waals surface area contributed by atoms with Gasteiger partial charge in [0.15, 0.2) is 0 Å². The van der Waals surface area contributed by atoms with E-state index in [1.165, 1.54) is 16.4 Å². The molecule has 2 aromatic carbocycles. The SMILES string of the molecule is Cc1ccc(S(=O)(=O)OC[C@@H]2CN2S(=O)(=O)c2ccc(C)cc2)cc1. The maximum Gasteiger partial charge on any atom is 0.297 e. The highest BCUT2D eigenvalue weighted by Crippen LogP contribution is 2.29. The van der Waals surface area contributed by atoms with Crippen LogP contribution in [0.1, 0.15) is 11.1 Å². The van der Waals surface area contributed by atoms with Gasteiger partial charge in [-0.05, 0) is 38.1 Å². The maximum atomic E-state index is 12.5. The summed E-state index contributed by atoms with van der Waals surface area (Å²) in [6.07, 6.45) is 0. The summed E-state index contributed by atoms with van der Waals surface area (Å²) < 4.78 is 55.5. The van der Waals surface area contributed by atoms with Gasteiger partial charge in [0.05, 0.1) is 22.4 Å². The summed E-state index contributed by atoms with van der Waals surface area (Å²) in [6, 6.07) is 12.4. The molecule has 25 heavy (non-hydrogen) atoms. The highest BCUT2D eigenvalue weighted by molar-refractivity contribution is 7.89. The van der Waals surface area contributed by atoms with Crippen LogP contribution in [0.3, 0.4) is 0 Å². The predicted octanol–water partition coefficient (Wildman–Crippen LogP) is 2.08. The Bertz CT molecular complexity index is 965. The molecule has 6 nitrogen and oxygen atoms in total. The molecule has 1 heterocycles. The lowest BCUT2D eigenvalue weighted by atomic mass is 10.2. The third kappa shape index (κ3) is 3.92.